The first-order valence-electron chi connectivity index (χ1n) is 8.62. The van der Waals surface area contributed by atoms with Crippen molar-refractivity contribution in [2.45, 2.75) is 52.1 Å². The highest BCUT2D eigenvalue weighted by Gasteiger charge is 2.19. The topological polar surface area (TPSA) is 50.4 Å². The summed E-state index contributed by atoms with van der Waals surface area (Å²) in [4.78, 5) is 12.2. The Kier molecular flexibility index (Phi) is 6.05. The quantitative estimate of drug-likeness (QED) is 0.878. The van der Waals surface area contributed by atoms with Crippen molar-refractivity contribution < 1.29 is 9.53 Å². The molecule has 2 atom stereocenters. The summed E-state index contributed by atoms with van der Waals surface area (Å²) in [6.45, 7) is 11.1. The number of hydrogen-bond acceptors (Lipinski definition) is 3. The molecule has 0 aromatic heterocycles. The van der Waals surface area contributed by atoms with Crippen LogP contribution < -0.4 is 15.4 Å². The van der Waals surface area contributed by atoms with Crippen LogP contribution in [0.3, 0.4) is 0 Å². The average molecular weight is 318 g/mol. The number of hydrogen-bond donors (Lipinski definition) is 2. The van der Waals surface area contributed by atoms with Crippen molar-refractivity contribution in [3.05, 3.63) is 29.8 Å². The molecule has 1 fully saturated rings. The monoisotopic (exact) mass is 318 g/mol. The van der Waals surface area contributed by atoms with Gasteiger partial charge in [-0.25, -0.2) is 0 Å². The molecule has 0 bridgehead atoms. The second-order valence-corrected chi connectivity index (χ2v) is 7.50. The second kappa shape index (κ2) is 7.82. The molecule has 1 amide bonds. The minimum Gasteiger partial charge on any atom is -0.481 e. The van der Waals surface area contributed by atoms with Crippen LogP contribution in [0.15, 0.2) is 24.3 Å². The van der Waals surface area contributed by atoms with Gasteiger partial charge in [-0.1, -0.05) is 32.9 Å². The fraction of sp³-hybridized carbons (Fsp3) is 0.632. The smallest absolute Gasteiger partial charge is 0.260 e. The van der Waals surface area contributed by atoms with Gasteiger partial charge in [0.05, 0.1) is 0 Å². The Morgan fingerprint density at radius 2 is 2.22 bits per heavy atom. The Morgan fingerprint density at radius 1 is 1.43 bits per heavy atom. The number of piperidine rings is 1. The van der Waals surface area contributed by atoms with Gasteiger partial charge in [0.1, 0.15) is 5.75 Å². The van der Waals surface area contributed by atoms with E-state index in [9.17, 15) is 4.79 Å². The molecule has 1 heterocycles. The van der Waals surface area contributed by atoms with Crippen LogP contribution in [0.5, 0.6) is 5.75 Å². The summed E-state index contributed by atoms with van der Waals surface area (Å²) in [5, 5.41) is 6.38. The Hall–Kier alpha value is -1.55. The van der Waals surface area contributed by atoms with Gasteiger partial charge in [-0.2, -0.15) is 0 Å². The molecule has 1 saturated heterocycles. The molecule has 23 heavy (non-hydrogen) atoms. The van der Waals surface area contributed by atoms with Crippen LogP contribution in [0.2, 0.25) is 0 Å². The fourth-order valence-corrected chi connectivity index (χ4v) is 2.78. The Balaban J connectivity index is 1.85. The number of carbonyl (C=O) groups excluding carboxylic acids is 1. The molecule has 2 rings (SSSR count). The standard InChI is InChI=1S/C19H30N2O2/c1-14(18(22)21-13-15-7-6-10-20-12-15)23-17-9-5-8-16(11-17)19(2,3)4/h5,8-9,11,14-15,20H,6-7,10,12-13H2,1-4H3,(H,21,22). The van der Waals surface area contributed by atoms with Gasteiger partial charge >= 0.3 is 0 Å². The van der Waals surface area contributed by atoms with Gasteiger partial charge < -0.3 is 15.4 Å². The molecule has 2 N–H and O–H groups in total. The van der Waals surface area contributed by atoms with Gasteiger partial charge in [-0.15, -0.1) is 0 Å². The minimum absolute atomic E-state index is 0.0447. The molecule has 0 saturated carbocycles. The summed E-state index contributed by atoms with van der Waals surface area (Å²) in [7, 11) is 0. The third-order valence-corrected chi connectivity index (χ3v) is 4.35. The maximum Gasteiger partial charge on any atom is 0.260 e. The minimum atomic E-state index is -0.484. The van der Waals surface area contributed by atoms with E-state index in [4.69, 9.17) is 4.74 Å². The number of rotatable bonds is 5. The molecule has 0 aliphatic carbocycles. The van der Waals surface area contributed by atoms with E-state index in [1.165, 1.54) is 18.4 Å². The highest BCUT2D eigenvalue weighted by Crippen LogP contribution is 2.26. The lowest BCUT2D eigenvalue weighted by Gasteiger charge is -2.24. The molecule has 1 aliphatic rings. The first-order chi connectivity index (χ1) is 10.9. The van der Waals surface area contributed by atoms with Gasteiger partial charge in [0, 0.05) is 6.54 Å². The second-order valence-electron chi connectivity index (χ2n) is 7.50. The van der Waals surface area contributed by atoms with E-state index < -0.39 is 6.10 Å². The third kappa shape index (κ3) is 5.54. The SMILES string of the molecule is CC(Oc1cccc(C(C)(C)C)c1)C(=O)NCC1CCCNC1. The first-order valence-corrected chi connectivity index (χ1v) is 8.62. The third-order valence-electron chi connectivity index (χ3n) is 4.35. The lowest BCUT2D eigenvalue weighted by atomic mass is 9.87. The molecule has 1 aromatic rings. The van der Waals surface area contributed by atoms with Crippen molar-refractivity contribution in [2.75, 3.05) is 19.6 Å². The summed E-state index contributed by atoms with van der Waals surface area (Å²) in [5.74, 6) is 1.24. The average Bonchev–Trinajstić information content (AvgIpc) is 2.53. The molecular formula is C19H30N2O2. The van der Waals surface area contributed by atoms with E-state index in [1.807, 2.05) is 18.2 Å². The number of amides is 1. The van der Waals surface area contributed by atoms with Crippen molar-refractivity contribution in [1.29, 1.82) is 0 Å². The normalized spacial score (nSPS) is 19.9. The van der Waals surface area contributed by atoms with Crippen molar-refractivity contribution in [2.24, 2.45) is 5.92 Å². The molecule has 1 aliphatic heterocycles. The van der Waals surface area contributed by atoms with Gasteiger partial charge in [0.25, 0.3) is 5.91 Å². The Bertz CT molecular complexity index is 516. The van der Waals surface area contributed by atoms with Crippen LogP contribution in [0.1, 0.15) is 46.1 Å². The predicted molar refractivity (Wildman–Crippen MR) is 93.8 cm³/mol. The summed E-state index contributed by atoms with van der Waals surface area (Å²) >= 11 is 0. The molecule has 0 spiro atoms. The number of benzene rings is 1. The summed E-state index contributed by atoms with van der Waals surface area (Å²) in [6, 6.07) is 8.00. The van der Waals surface area contributed by atoms with E-state index in [1.54, 1.807) is 6.92 Å². The van der Waals surface area contributed by atoms with Crippen LogP contribution in [-0.2, 0) is 10.2 Å². The lowest BCUT2D eigenvalue weighted by Crippen LogP contribution is -2.42. The van der Waals surface area contributed by atoms with Gasteiger partial charge in [-0.3, -0.25) is 4.79 Å². The van der Waals surface area contributed by atoms with Crippen molar-refractivity contribution in [3.63, 3.8) is 0 Å². The zero-order valence-electron chi connectivity index (χ0n) is 14.8. The zero-order chi connectivity index (χ0) is 16.9. The van der Waals surface area contributed by atoms with Gasteiger partial charge in [0.2, 0.25) is 0 Å². The molecule has 0 radical (unpaired) electrons. The van der Waals surface area contributed by atoms with E-state index in [0.29, 0.717) is 5.92 Å². The molecule has 1 aromatic carbocycles. The van der Waals surface area contributed by atoms with Crippen LogP contribution in [-0.4, -0.2) is 31.6 Å². The van der Waals surface area contributed by atoms with E-state index in [2.05, 4.69) is 37.5 Å². The largest absolute Gasteiger partial charge is 0.481 e. The van der Waals surface area contributed by atoms with Gasteiger partial charge in [-0.05, 0) is 61.9 Å². The van der Waals surface area contributed by atoms with Crippen LogP contribution in [0.4, 0.5) is 0 Å². The van der Waals surface area contributed by atoms with Gasteiger partial charge in [0.15, 0.2) is 6.10 Å². The first kappa shape index (κ1) is 17.8. The summed E-state index contributed by atoms with van der Waals surface area (Å²) in [5.41, 5.74) is 1.27. The van der Waals surface area contributed by atoms with E-state index >= 15 is 0 Å². The number of carbonyl (C=O) groups is 1. The molecule has 4 nitrogen and oxygen atoms in total. The molecule has 128 valence electrons. The maximum atomic E-state index is 12.2. The Labute approximate surface area is 140 Å². The number of ether oxygens (including phenoxy) is 1. The summed E-state index contributed by atoms with van der Waals surface area (Å²) < 4.78 is 5.82. The van der Waals surface area contributed by atoms with Crippen molar-refractivity contribution in [3.8, 4) is 5.75 Å². The number of nitrogens with one attached hydrogen (secondary N) is 2. The molecule has 2 unspecified atom stereocenters. The lowest BCUT2D eigenvalue weighted by molar-refractivity contribution is -0.127. The van der Waals surface area contributed by atoms with Crippen LogP contribution in [0, 0.1) is 5.92 Å². The molecular weight excluding hydrogens is 288 g/mol. The predicted octanol–water partition coefficient (Wildman–Crippen LogP) is 2.87. The summed E-state index contributed by atoms with van der Waals surface area (Å²) in [6.07, 6.45) is 1.88. The van der Waals surface area contributed by atoms with Crippen LogP contribution in [0.25, 0.3) is 0 Å². The maximum absolute atomic E-state index is 12.2. The zero-order valence-corrected chi connectivity index (χ0v) is 14.8. The van der Waals surface area contributed by atoms with Crippen molar-refractivity contribution in [1.82, 2.24) is 10.6 Å². The van der Waals surface area contributed by atoms with E-state index in [0.717, 1.165) is 25.4 Å². The highest BCUT2D eigenvalue weighted by atomic mass is 16.5. The van der Waals surface area contributed by atoms with Crippen LogP contribution >= 0.6 is 0 Å². The Morgan fingerprint density at radius 3 is 2.87 bits per heavy atom. The van der Waals surface area contributed by atoms with E-state index in [-0.39, 0.29) is 11.3 Å². The molecule has 4 heteroatoms. The van der Waals surface area contributed by atoms with Crippen molar-refractivity contribution >= 4 is 5.91 Å². The fourth-order valence-electron chi connectivity index (χ4n) is 2.78. The highest BCUT2D eigenvalue weighted by molar-refractivity contribution is 5.80.